The Morgan fingerprint density at radius 1 is 1.21 bits per heavy atom. The SMILES string of the molecule is COc1ccc(C=NN=C2NC(=O)C(CC(=O)O)S2)cc1COc1cc(C)ccc1C(C)(C)C. The van der Waals surface area contributed by atoms with Gasteiger partial charge in [0, 0.05) is 5.56 Å². The zero-order valence-electron chi connectivity index (χ0n) is 19.9. The van der Waals surface area contributed by atoms with Crippen LogP contribution in [0.3, 0.4) is 0 Å². The smallest absolute Gasteiger partial charge is 0.305 e. The highest BCUT2D eigenvalue weighted by Crippen LogP contribution is 2.33. The van der Waals surface area contributed by atoms with E-state index in [0.29, 0.717) is 12.4 Å². The minimum atomic E-state index is -1.04. The topological polar surface area (TPSA) is 110 Å². The third-order valence-electron chi connectivity index (χ3n) is 5.12. The van der Waals surface area contributed by atoms with Crippen molar-refractivity contribution < 1.29 is 24.2 Å². The average molecular weight is 484 g/mol. The lowest BCUT2D eigenvalue weighted by Crippen LogP contribution is -2.26. The molecule has 1 fully saturated rings. The number of amidine groups is 1. The largest absolute Gasteiger partial charge is 0.496 e. The van der Waals surface area contributed by atoms with Crippen LogP contribution >= 0.6 is 11.8 Å². The number of hydrogen-bond donors (Lipinski definition) is 2. The summed E-state index contributed by atoms with van der Waals surface area (Å²) in [6, 6.07) is 11.8. The number of hydrogen-bond acceptors (Lipinski definition) is 7. The lowest BCUT2D eigenvalue weighted by atomic mass is 9.86. The number of amides is 1. The fraction of sp³-hybridized carbons (Fsp3) is 0.360. The molecule has 8 nitrogen and oxygen atoms in total. The van der Waals surface area contributed by atoms with Gasteiger partial charge in [0.2, 0.25) is 5.91 Å². The van der Waals surface area contributed by atoms with Gasteiger partial charge in [-0.2, -0.15) is 5.10 Å². The van der Waals surface area contributed by atoms with Crippen LogP contribution < -0.4 is 14.8 Å². The number of carbonyl (C=O) groups is 2. The maximum absolute atomic E-state index is 11.8. The molecule has 1 unspecified atom stereocenters. The summed E-state index contributed by atoms with van der Waals surface area (Å²) in [5.74, 6) is 0.121. The Morgan fingerprint density at radius 3 is 2.65 bits per heavy atom. The number of ether oxygens (including phenoxy) is 2. The van der Waals surface area contributed by atoms with Gasteiger partial charge in [0.25, 0.3) is 0 Å². The number of carboxylic acid groups (broad SMARTS) is 1. The van der Waals surface area contributed by atoms with E-state index in [0.717, 1.165) is 39.8 Å². The van der Waals surface area contributed by atoms with Gasteiger partial charge in [-0.1, -0.05) is 44.7 Å². The molecule has 2 aromatic rings. The summed E-state index contributed by atoms with van der Waals surface area (Å²) in [6.07, 6.45) is 1.29. The Hall–Kier alpha value is -3.33. The second-order valence-corrected chi connectivity index (χ2v) is 10.1. The third-order valence-corrected chi connectivity index (χ3v) is 6.20. The summed E-state index contributed by atoms with van der Waals surface area (Å²) in [7, 11) is 1.61. The predicted octanol–water partition coefficient (Wildman–Crippen LogP) is 4.28. The van der Waals surface area contributed by atoms with Crippen molar-refractivity contribution in [3.05, 3.63) is 58.7 Å². The molecule has 0 spiro atoms. The standard InChI is InChI=1S/C25H29N3O5S/c1-15-6-8-18(25(2,3)4)20(10-15)33-14-17-11-16(7-9-19(17)32-5)13-26-28-24-27-23(31)21(34-24)12-22(29)30/h6-11,13,21H,12,14H2,1-5H3,(H,29,30)(H,27,28,31). The van der Waals surface area contributed by atoms with Gasteiger partial charge in [-0.15, -0.1) is 5.10 Å². The Balaban J connectivity index is 1.74. The molecule has 2 N–H and O–H groups in total. The molecule has 34 heavy (non-hydrogen) atoms. The summed E-state index contributed by atoms with van der Waals surface area (Å²) in [6.45, 7) is 8.80. The molecule has 1 heterocycles. The third kappa shape index (κ3) is 6.60. The van der Waals surface area contributed by atoms with Gasteiger partial charge in [0.05, 0.1) is 19.7 Å². The van der Waals surface area contributed by atoms with Gasteiger partial charge in [0.1, 0.15) is 23.4 Å². The van der Waals surface area contributed by atoms with Crippen LogP contribution in [0.5, 0.6) is 11.5 Å². The van der Waals surface area contributed by atoms with Crippen LogP contribution in [0.4, 0.5) is 0 Å². The van der Waals surface area contributed by atoms with Crippen LogP contribution in [0.25, 0.3) is 0 Å². The average Bonchev–Trinajstić information content (AvgIpc) is 3.09. The van der Waals surface area contributed by atoms with E-state index in [9.17, 15) is 9.59 Å². The van der Waals surface area contributed by atoms with Crippen LogP contribution in [-0.2, 0) is 21.6 Å². The second-order valence-electron chi connectivity index (χ2n) is 8.95. The molecule has 0 aromatic heterocycles. The fourth-order valence-electron chi connectivity index (χ4n) is 3.41. The minimum absolute atomic E-state index is 0.0576. The van der Waals surface area contributed by atoms with Gasteiger partial charge in [-0.25, -0.2) is 0 Å². The fourth-order valence-corrected chi connectivity index (χ4v) is 4.32. The van der Waals surface area contributed by atoms with Crippen LogP contribution in [0.2, 0.25) is 0 Å². The summed E-state index contributed by atoms with van der Waals surface area (Å²) in [4.78, 5) is 22.6. The monoisotopic (exact) mass is 483 g/mol. The lowest BCUT2D eigenvalue weighted by Gasteiger charge is -2.23. The highest BCUT2D eigenvalue weighted by Gasteiger charge is 2.32. The Labute approximate surface area is 203 Å². The van der Waals surface area contributed by atoms with Crippen LogP contribution in [0.1, 0.15) is 49.4 Å². The molecule has 3 rings (SSSR count). The first-order valence-corrected chi connectivity index (χ1v) is 11.7. The zero-order valence-corrected chi connectivity index (χ0v) is 20.7. The maximum Gasteiger partial charge on any atom is 0.305 e. The molecule has 1 saturated heterocycles. The molecule has 0 aliphatic carbocycles. The van der Waals surface area contributed by atoms with E-state index in [-0.39, 0.29) is 22.9 Å². The van der Waals surface area contributed by atoms with E-state index in [1.165, 1.54) is 0 Å². The first kappa shape index (κ1) is 25.3. The number of thioether (sulfide) groups is 1. The van der Waals surface area contributed by atoms with Gasteiger partial charge >= 0.3 is 5.97 Å². The van der Waals surface area contributed by atoms with Crippen molar-refractivity contribution in [1.82, 2.24) is 5.32 Å². The molecule has 1 aliphatic heterocycles. The van der Waals surface area contributed by atoms with Crippen LogP contribution in [0, 0.1) is 6.92 Å². The summed E-state index contributed by atoms with van der Waals surface area (Å²) in [5, 5.41) is 19.0. The minimum Gasteiger partial charge on any atom is -0.496 e. The number of methoxy groups -OCH3 is 1. The quantitative estimate of drug-likeness (QED) is 0.429. The second kappa shape index (κ2) is 10.7. The highest BCUT2D eigenvalue weighted by molar-refractivity contribution is 8.15. The molecule has 180 valence electrons. The molecule has 1 amide bonds. The van der Waals surface area contributed by atoms with Crippen LogP contribution in [0.15, 0.2) is 46.6 Å². The van der Waals surface area contributed by atoms with E-state index in [1.54, 1.807) is 13.3 Å². The summed E-state index contributed by atoms with van der Waals surface area (Å²) in [5.41, 5.74) is 3.82. The number of benzene rings is 2. The number of rotatable bonds is 8. The van der Waals surface area contributed by atoms with Gasteiger partial charge in [-0.3, -0.25) is 9.59 Å². The van der Waals surface area contributed by atoms with Crippen molar-refractivity contribution in [3.8, 4) is 11.5 Å². The molecule has 0 radical (unpaired) electrons. The van der Waals surface area contributed by atoms with Crippen molar-refractivity contribution in [2.45, 2.75) is 51.4 Å². The zero-order chi connectivity index (χ0) is 24.9. The molecule has 2 aromatic carbocycles. The van der Waals surface area contributed by atoms with Gasteiger partial charge in [0.15, 0.2) is 5.17 Å². The molecule has 0 bridgehead atoms. The first-order valence-electron chi connectivity index (χ1n) is 10.8. The van der Waals surface area contributed by atoms with E-state index < -0.39 is 11.2 Å². The normalized spacial score (nSPS) is 17.3. The number of carboxylic acids is 1. The summed E-state index contributed by atoms with van der Waals surface area (Å²) < 4.78 is 11.7. The number of nitrogens with zero attached hydrogens (tertiary/aromatic N) is 2. The molecular formula is C25H29N3O5S. The molecule has 9 heteroatoms. The molecular weight excluding hydrogens is 454 g/mol. The maximum atomic E-state index is 11.8. The molecule has 1 atom stereocenters. The Kier molecular flexibility index (Phi) is 7.98. The van der Waals surface area contributed by atoms with Crippen molar-refractivity contribution in [3.63, 3.8) is 0 Å². The van der Waals surface area contributed by atoms with Crippen molar-refractivity contribution in [2.75, 3.05) is 7.11 Å². The van der Waals surface area contributed by atoms with E-state index in [4.69, 9.17) is 14.6 Å². The molecule has 0 saturated carbocycles. The van der Waals surface area contributed by atoms with E-state index in [2.05, 4.69) is 48.4 Å². The number of nitrogens with one attached hydrogen (secondary N) is 1. The van der Waals surface area contributed by atoms with Crippen molar-refractivity contribution >= 4 is 35.0 Å². The van der Waals surface area contributed by atoms with Gasteiger partial charge < -0.3 is 19.9 Å². The Morgan fingerprint density at radius 2 is 1.97 bits per heavy atom. The van der Waals surface area contributed by atoms with E-state index >= 15 is 0 Å². The summed E-state index contributed by atoms with van der Waals surface area (Å²) >= 11 is 1.06. The van der Waals surface area contributed by atoms with E-state index in [1.807, 2.05) is 31.2 Å². The van der Waals surface area contributed by atoms with Crippen molar-refractivity contribution in [1.29, 1.82) is 0 Å². The lowest BCUT2D eigenvalue weighted by molar-refractivity contribution is -0.138. The number of aryl methyl sites for hydroxylation is 1. The number of carbonyl (C=O) groups excluding carboxylic acids is 1. The first-order chi connectivity index (χ1) is 16.1. The molecule has 1 aliphatic rings. The van der Waals surface area contributed by atoms with Gasteiger partial charge in [-0.05, 0) is 53.3 Å². The van der Waals surface area contributed by atoms with Crippen LogP contribution in [-0.4, -0.2) is 40.7 Å². The van der Waals surface area contributed by atoms with Crippen molar-refractivity contribution in [2.24, 2.45) is 10.2 Å². The highest BCUT2D eigenvalue weighted by atomic mass is 32.2. The number of aliphatic carboxylic acids is 1. The Bertz CT molecular complexity index is 1140. The predicted molar refractivity (Wildman–Crippen MR) is 134 cm³/mol.